The van der Waals surface area contributed by atoms with E-state index in [0.717, 1.165) is 5.56 Å². The van der Waals surface area contributed by atoms with Crippen molar-refractivity contribution in [2.45, 2.75) is 18.1 Å². The molecule has 1 fully saturated rings. The van der Waals surface area contributed by atoms with Crippen molar-refractivity contribution in [2.24, 2.45) is 5.92 Å². The Morgan fingerprint density at radius 3 is 2.26 bits per heavy atom. The van der Waals surface area contributed by atoms with Crippen LogP contribution in [0, 0.1) is 5.92 Å². The lowest BCUT2D eigenvalue weighted by Crippen LogP contribution is -2.44. The Kier molecular flexibility index (Phi) is 4.46. The number of benzene rings is 2. The van der Waals surface area contributed by atoms with Crippen LogP contribution in [0.1, 0.15) is 23.7 Å². The molecule has 0 aromatic heterocycles. The van der Waals surface area contributed by atoms with E-state index in [0.29, 0.717) is 18.6 Å². The van der Waals surface area contributed by atoms with Crippen LogP contribution in [0.25, 0.3) is 0 Å². The number of hydrogen-bond donors (Lipinski definition) is 1. The Hall–Kier alpha value is -2.17. The summed E-state index contributed by atoms with van der Waals surface area (Å²) < 4.78 is 10.8. The maximum absolute atomic E-state index is 12.2. The van der Waals surface area contributed by atoms with Crippen LogP contribution in [0.2, 0.25) is 0 Å². The molecule has 0 amide bonds. The smallest absolute Gasteiger partial charge is 0.312 e. The number of cyclic esters (lactones) is 1. The van der Waals surface area contributed by atoms with Crippen molar-refractivity contribution < 1.29 is 19.4 Å². The van der Waals surface area contributed by atoms with Gasteiger partial charge in [-0.2, -0.15) is 0 Å². The highest BCUT2D eigenvalue weighted by Crippen LogP contribution is 2.46. The van der Waals surface area contributed by atoms with E-state index >= 15 is 0 Å². The Balaban J connectivity index is 2.13. The van der Waals surface area contributed by atoms with Crippen molar-refractivity contribution in [2.75, 3.05) is 13.7 Å². The zero-order valence-corrected chi connectivity index (χ0v) is 13.0. The monoisotopic (exact) mass is 312 g/mol. The molecule has 1 N–H and O–H groups in total. The molecule has 1 aliphatic rings. The number of methoxy groups -OCH3 is 1. The van der Waals surface area contributed by atoms with Gasteiger partial charge in [0.1, 0.15) is 11.7 Å². The normalized spacial score (nSPS) is 21.5. The van der Waals surface area contributed by atoms with Gasteiger partial charge in [0.05, 0.1) is 12.5 Å². The van der Waals surface area contributed by atoms with Crippen LogP contribution in [0.15, 0.2) is 60.7 Å². The summed E-state index contributed by atoms with van der Waals surface area (Å²) in [5.41, 5.74) is -0.00842. The van der Waals surface area contributed by atoms with Crippen molar-refractivity contribution >= 4 is 5.97 Å². The number of carbonyl (C=O) groups excluding carboxylic acids is 1. The van der Waals surface area contributed by atoms with E-state index in [9.17, 15) is 9.90 Å². The fourth-order valence-electron chi connectivity index (χ4n) is 3.33. The number of esters is 1. The van der Waals surface area contributed by atoms with E-state index < -0.39 is 17.6 Å². The van der Waals surface area contributed by atoms with Crippen LogP contribution in [0.3, 0.4) is 0 Å². The average Bonchev–Trinajstić information content (AvgIpc) is 3.03. The lowest BCUT2D eigenvalue weighted by atomic mass is 9.74. The topological polar surface area (TPSA) is 55.8 Å². The molecular formula is C19H20O4. The van der Waals surface area contributed by atoms with Gasteiger partial charge in [-0.25, -0.2) is 0 Å². The molecule has 4 nitrogen and oxygen atoms in total. The van der Waals surface area contributed by atoms with Crippen LogP contribution < -0.4 is 0 Å². The third-order valence-electron chi connectivity index (χ3n) is 4.44. The zero-order valence-electron chi connectivity index (χ0n) is 13.0. The predicted octanol–water partition coefficient (Wildman–Crippen LogP) is 2.83. The van der Waals surface area contributed by atoms with Crippen LogP contribution >= 0.6 is 0 Å². The fourth-order valence-corrected chi connectivity index (χ4v) is 3.33. The lowest BCUT2D eigenvalue weighted by molar-refractivity contribution is -0.166. The molecule has 1 aliphatic heterocycles. The van der Waals surface area contributed by atoms with Gasteiger partial charge < -0.3 is 14.6 Å². The first-order valence-corrected chi connectivity index (χ1v) is 7.70. The summed E-state index contributed by atoms with van der Waals surface area (Å²) in [5.74, 6) is -1.04. The van der Waals surface area contributed by atoms with Crippen molar-refractivity contribution in [1.29, 1.82) is 0 Å². The minimum Gasteiger partial charge on any atom is -0.465 e. The first-order valence-electron chi connectivity index (χ1n) is 7.70. The molecule has 0 bridgehead atoms. The maximum atomic E-state index is 12.2. The van der Waals surface area contributed by atoms with E-state index in [1.165, 1.54) is 0 Å². The van der Waals surface area contributed by atoms with Gasteiger partial charge in [-0.05, 0) is 17.5 Å². The first kappa shape index (κ1) is 15.7. The molecule has 4 heteroatoms. The molecule has 23 heavy (non-hydrogen) atoms. The van der Waals surface area contributed by atoms with Gasteiger partial charge in [-0.15, -0.1) is 0 Å². The Labute approximate surface area is 135 Å². The Bertz CT molecular complexity index is 656. The summed E-state index contributed by atoms with van der Waals surface area (Å²) in [6.07, 6.45) is -0.196. The van der Waals surface area contributed by atoms with E-state index in [-0.39, 0.29) is 5.97 Å². The molecule has 120 valence electrons. The van der Waals surface area contributed by atoms with E-state index in [2.05, 4.69) is 0 Å². The quantitative estimate of drug-likeness (QED) is 0.863. The van der Waals surface area contributed by atoms with E-state index in [1.54, 1.807) is 7.11 Å². The van der Waals surface area contributed by atoms with Crippen molar-refractivity contribution in [3.63, 3.8) is 0 Å². The summed E-state index contributed by atoms with van der Waals surface area (Å²) >= 11 is 0. The summed E-state index contributed by atoms with van der Waals surface area (Å²) in [7, 11) is 1.55. The van der Waals surface area contributed by atoms with Crippen molar-refractivity contribution in [3.8, 4) is 0 Å². The SMILES string of the molecule is CO[C@H](c1ccccc1)[C@@](O)(c1ccccc1)[C@H]1CCOC1=O. The summed E-state index contributed by atoms with van der Waals surface area (Å²) in [6.45, 7) is 0.323. The molecule has 3 atom stereocenters. The van der Waals surface area contributed by atoms with Gasteiger partial charge in [0, 0.05) is 7.11 Å². The number of ether oxygens (including phenoxy) is 2. The maximum Gasteiger partial charge on any atom is 0.312 e. The molecule has 0 saturated carbocycles. The predicted molar refractivity (Wildman–Crippen MR) is 85.6 cm³/mol. The largest absolute Gasteiger partial charge is 0.465 e. The summed E-state index contributed by atoms with van der Waals surface area (Å²) in [6, 6.07) is 18.7. The standard InChI is InChI=1S/C19H20O4/c1-22-17(14-8-4-2-5-9-14)19(21,15-10-6-3-7-11-15)16-12-13-23-18(16)20/h2-11,16-17,21H,12-13H2,1H3/t16-,17+,19+/m0/s1. The first-order chi connectivity index (χ1) is 11.2. The fraction of sp³-hybridized carbons (Fsp3) is 0.316. The minimum absolute atomic E-state index is 0.323. The van der Waals surface area contributed by atoms with Crippen molar-refractivity contribution in [1.82, 2.24) is 0 Å². The average molecular weight is 312 g/mol. The highest BCUT2D eigenvalue weighted by atomic mass is 16.5. The van der Waals surface area contributed by atoms with Gasteiger partial charge in [0.25, 0.3) is 0 Å². The second-order valence-electron chi connectivity index (χ2n) is 5.73. The van der Waals surface area contributed by atoms with Crippen molar-refractivity contribution in [3.05, 3.63) is 71.8 Å². The van der Waals surface area contributed by atoms with Gasteiger partial charge in [-0.1, -0.05) is 60.7 Å². The molecule has 1 saturated heterocycles. The molecule has 0 unspecified atom stereocenters. The number of rotatable bonds is 5. The second-order valence-corrected chi connectivity index (χ2v) is 5.73. The summed E-state index contributed by atoms with van der Waals surface area (Å²) in [5, 5.41) is 11.6. The minimum atomic E-state index is -1.48. The van der Waals surface area contributed by atoms with Crippen LogP contribution in [0.5, 0.6) is 0 Å². The molecule has 2 aromatic carbocycles. The van der Waals surface area contributed by atoms with Gasteiger partial charge >= 0.3 is 5.97 Å². The Morgan fingerprint density at radius 1 is 1.13 bits per heavy atom. The Morgan fingerprint density at radius 2 is 1.74 bits per heavy atom. The second kappa shape index (κ2) is 6.52. The van der Waals surface area contributed by atoms with E-state index in [1.807, 2.05) is 60.7 Å². The molecule has 0 radical (unpaired) electrons. The summed E-state index contributed by atoms with van der Waals surface area (Å²) in [4.78, 5) is 12.2. The third kappa shape index (κ3) is 2.76. The number of hydrogen-bond acceptors (Lipinski definition) is 4. The van der Waals surface area contributed by atoms with Gasteiger partial charge in [0.2, 0.25) is 0 Å². The van der Waals surface area contributed by atoms with Crippen LogP contribution in [-0.4, -0.2) is 24.8 Å². The molecule has 2 aromatic rings. The zero-order chi connectivity index (χ0) is 16.3. The van der Waals surface area contributed by atoms with Crippen LogP contribution in [-0.2, 0) is 19.9 Å². The van der Waals surface area contributed by atoms with Gasteiger partial charge in [0.15, 0.2) is 0 Å². The third-order valence-corrected chi connectivity index (χ3v) is 4.44. The molecule has 3 rings (SSSR count). The van der Waals surface area contributed by atoms with Crippen LogP contribution in [0.4, 0.5) is 0 Å². The highest BCUT2D eigenvalue weighted by Gasteiger charge is 2.52. The number of aliphatic hydroxyl groups is 1. The molecular weight excluding hydrogens is 292 g/mol. The molecule has 0 aliphatic carbocycles. The highest BCUT2D eigenvalue weighted by molar-refractivity contribution is 5.76. The van der Waals surface area contributed by atoms with Gasteiger partial charge in [-0.3, -0.25) is 4.79 Å². The molecule has 1 heterocycles. The molecule has 0 spiro atoms. The lowest BCUT2D eigenvalue weighted by Gasteiger charge is -2.39. The van der Waals surface area contributed by atoms with E-state index in [4.69, 9.17) is 9.47 Å². The number of carbonyl (C=O) groups is 1.